The molecule has 2 aromatic carbocycles. The average Bonchev–Trinajstić information content (AvgIpc) is 2.73. The second kappa shape index (κ2) is 4.53. The summed E-state index contributed by atoms with van der Waals surface area (Å²) in [5.41, 5.74) is 5.14. The SMILES string of the molecule is C1=Cc2cc3ccccc3n2CC=C1c1ccccc1. The smallest absolute Gasteiger partial charge is 0.0488 e. The zero-order chi connectivity index (χ0) is 13.4. The van der Waals surface area contributed by atoms with Gasteiger partial charge in [0.2, 0.25) is 0 Å². The van der Waals surface area contributed by atoms with Crippen LogP contribution in [-0.4, -0.2) is 4.57 Å². The van der Waals surface area contributed by atoms with Crippen molar-refractivity contribution in [1.29, 1.82) is 0 Å². The van der Waals surface area contributed by atoms with Gasteiger partial charge in [-0.15, -0.1) is 0 Å². The quantitative estimate of drug-likeness (QED) is 0.592. The summed E-state index contributed by atoms with van der Waals surface area (Å²) in [6.07, 6.45) is 6.73. The van der Waals surface area contributed by atoms with Crippen LogP contribution in [0.3, 0.4) is 0 Å². The first-order valence-electron chi connectivity index (χ1n) is 6.94. The monoisotopic (exact) mass is 257 g/mol. The van der Waals surface area contributed by atoms with Crippen molar-refractivity contribution in [1.82, 2.24) is 4.57 Å². The minimum Gasteiger partial charge on any atom is -0.337 e. The summed E-state index contributed by atoms with van der Waals surface area (Å²) >= 11 is 0. The molecule has 1 heteroatoms. The summed E-state index contributed by atoms with van der Waals surface area (Å²) in [6.45, 7) is 0.917. The van der Waals surface area contributed by atoms with E-state index in [1.165, 1.54) is 27.7 Å². The molecule has 0 saturated carbocycles. The van der Waals surface area contributed by atoms with E-state index in [0.29, 0.717) is 0 Å². The first-order chi connectivity index (χ1) is 9.92. The van der Waals surface area contributed by atoms with Crippen LogP contribution in [0.5, 0.6) is 0 Å². The number of aromatic nitrogens is 1. The van der Waals surface area contributed by atoms with Crippen LogP contribution in [-0.2, 0) is 6.54 Å². The molecular weight excluding hydrogens is 242 g/mol. The van der Waals surface area contributed by atoms with E-state index < -0.39 is 0 Å². The van der Waals surface area contributed by atoms with E-state index in [9.17, 15) is 0 Å². The molecule has 1 aromatic heterocycles. The van der Waals surface area contributed by atoms with Crippen molar-refractivity contribution in [3.05, 3.63) is 84.1 Å². The molecule has 0 bridgehead atoms. The van der Waals surface area contributed by atoms with Crippen LogP contribution in [0.4, 0.5) is 0 Å². The Balaban J connectivity index is 1.81. The Morgan fingerprint density at radius 2 is 1.60 bits per heavy atom. The number of hydrogen-bond acceptors (Lipinski definition) is 0. The van der Waals surface area contributed by atoms with Crippen LogP contribution in [0.25, 0.3) is 22.6 Å². The molecule has 4 rings (SSSR count). The number of rotatable bonds is 1. The number of allylic oxidation sites excluding steroid dienone is 3. The maximum Gasteiger partial charge on any atom is 0.0488 e. The molecule has 0 fully saturated rings. The molecule has 96 valence electrons. The van der Waals surface area contributed by atoms with Gasteiger partial charge in [-0.25, -0.2) is 0 Å². The summed E-state index contributed by atoms with van der Waals surface area (Å²) < 4.78 is 2.36. The lowest BCUT2D eigenvalue weighted by Crippen LogP contribution is -1.96. The summed E-state index contributed by atoms with van der Waals surface area (Å²) in [5.74, 6) is 0. The highest BCUT2D eigenvalue weighted by molar-refractivity contribution is 5.87. The van der Waals surface area contributed by atoms with Crippen LogP contribution >= 0.6 is 0 Å². The van der Waals surface area contributed by atoms with E-state index in [2.05, 4.69) is 83.5 Å². The second-order valence-corrected chi connectivity index (χ2v) is 5.10. The van der Waals surface area contributed by atoms with Gasteiger partial charge in [0, 0.05) is 23.1 Å². The van der Waals surface area contributed by atoms with Gasteiger partial charge in [-0.1, -0.05) is 60.7 Å². The number of fused-ring (bicyclic) bond motifs is 3. The highest BCUT2D eigenvalue weighted by Gasteiger charge is 2.08. The predicted molar refractivity (Wildman–Crippen MR) is 85.4 cm³/mol. The van der Waals surface area contributed by atoms with Gasteiger partial charge in [-0.3, -0.25) is 0 Å². The molecule has 0 aliphatic carbocycles. The van der Waals surface area contributed by atoms with Crippen molar-refractivity contribution in [2.24, 2.45) is 0 Å². The summed E-state index contributed by atoms with van der Waals surface area (Å²) in [5, 5.41) is 1.31. The molecule has 3 aromatic rings. The summed E-state index contributed by atoms with van der Waals surface area (Å²) in [4.78, 5) is 0. The van der Waals surface area contributed by atoms with Gasteiger partial charge in [0.15, 0.2) is 0 Å². The van der Waals surface area contributed by atoms with Gasteiger partial charge in [0.25, 0.3) is 0 Å². The number of nitrogens with zero attached hydrogens (tertiary/aromatic N) is 1. The fraction of sp³-hybridized carbons (Fsp3) is 0.0526. The largest absolute Gasteiger partial charge is 0.337 e. The Hall–Kier alpha value is -2.54. The second-order valence-electron chi connectivity index (χ2n) is 5.10. The molecule has 1 aliphatic rings. The molecule has 0 unspecified atom stereocenters. The summed E-state index contributed by atoms with van der Waals surface area (Å²) in [7, 11) is 0. The Bertz CT molecular complexity index is 819. The molecular formula is C19H15N. The van der Waals surface area contributed by atoms with Gasteiger partial charge < -0.3 is 4.57 Å². The fourth-order valence-corrected chi connectivity index (χ4v) is 2.85. The van der Waals surface area contributed by atoms with E-state index in [4.69, 9.17) is 0 Å². The minimum atomic E-state index is 0.917. The third-order valence-corrected chi connectivity index (χ3v) is 3.88. The number of para-hydroxylation sites is 1. The maximum absolute atomic E-state index is 2.36. The standard InChI is InChI=1S/C19H15N/c1-2-6-15(7-3-1)16-10-11-18-14-17-8-4-5-9-19(17)20(18)13-12-16/h1-12,14H,13H2. The first kappa shape index (κ1) is 11.3. The Labute approximate surface area is 118 Å². The zero-order valence-electron chi connectivity index (χ0n) is 11.2. The lowest BCUT2D eigenvalue weighted by atomic mass is 10.1. The average molecular weight is 257 g/mol. The van der Waals surface area contributed by atoms with E-state index in [0.717, 1.165) is 6.54 Å². The minimum absolute atomic E-state index is 0.917. The highest BCUT2D eigenvalue weighted by atomic mass is 15.0. The Morgan fingerprint density at radius 1 is 0.800 bits per heavy atom. The van der Waals surface area contributed by atoms with Crippen LogP contribution < -0.4 is 0 Å². The third kappa shape index (κ3) is 1.79. The first-order valence-corrected chi connectivity index (χ1v) is 6.94. The normalized spacial score (nSPS) is 13.9. The zero-order valence-corrected chi connectivity index (χ0v) is 11.2. The van der Waals surface area contributed by atoms with Gasteiger partial charge in [-0.05, 0) is 29.3 Å². The van der Waals surface area contributed by atoms with Crippen molar-refractivity contribution in [3.63, 3.8) is 0 Å². The molecule has 0 spiro atoms. The molecule has 1 nitrogen and oxygen atoms in total. The topological polar surface area (TPSA) is 4.93 Å². The van der Waals surface area contributed by atoms with Crippen LogP contribution in [0.2, 0.25) is 0 Å². The Morgan fingerprint density at radius 3 is 2.50 bits per heavy atom. The molecule has 0 radical (unpaired) electrons. The third-order valence-electron chi connectivity index (χ3n) is 3.88. The van der Waals surface area contributed by atoms with E-state index in [1.807, 2.05) is 0 Å². The predicted octanol–water partition coefficient (Wildman–Crippen LogP) is 4.75. The highest BCUT2D eigenvalue weighted by Crippen LogP contribution is 2.26. The summed E-state index contributed by atoms with van der Waals surface area (Å²) in [6, 6.07) is 21.4. The van der Waals surface area contributed by atoms with E-state index in [1.54, 1.807) is 0 Å². The van der Waals surface area contributed by atoms with Crippen molar-refractivity contribution in [2.75, 3.05) is 0 Å². The maximum atomic E-state index is 2.36. The van der Waals surface area contributed by atoms with Gasteiger partial charge in [-0.2, -0.15) is 0 Å². The van der Waals surface area contributed by atoms with Gasteiger partial charge in [0.05, 0.1) is 0 Å². The number of benzene rings is 2. The molecule has 0 amide bonds. The van der Waals surface area contributed by atoms with Crippen molar-refractivity contribution in [2.45, 2.75) is 6.54 Å². The van der Waals surface area contributed by atoms with Crippen LogP contribution in [0, 0.1) is 0 Å². The molecule has 0 N–H and O–H groups in total. The lowest BCUT2D eigenvalue weighted by molar-refractivity contribution is 0.857. The van der Waals surface area contributed by atoms with Gasteiger partial charge in [0.1, 0.15) is 0 Å². The number of hydrogen-bond donors (Lipinski definition) is 0. The van der Waals surface area contributed by atoms with Crippen LogP contribution in [0.15, 0.2) is 72.8 Å². The van der Waals surface area contributed by atoms with Crippen molar-refractivity contribution in [3.8, 4) is 0 Å². The molecule has 2 heterocycles. The van der Waals surface area contributed by atoms with E-state index >= 15 is 0 Å². The molecule has 1 aliphatic heterocycles. The lowest BCUT2D eigenvalue weighted by Gasteiger charge is -2.04. The Kier molecular flexibility index (Phi) is 2.56. The molecule has 20 heavy (non-hydrogen) atoms. The van der Waals surface area contributed by atoms with Gasteiger partial charge >= 0.3 is 0 Å². The van der Waals surface area contributed by atoms with E-state index in [-0.39, 0.29) is 0 Å². The van der Waals surface area contributed by atoms with Crippen LogP contribution in [0.1, 0.15) is 11.3 Å². The fourth-order valence-electron chi connectivity index (χ4n) is 2.85. The molecule has 0 saturated heterocycles. The molecule has 0 atom stereocenters. The van der Waals surface area contributed by atoms with Crippen molar-refractivity contribution < 1.29 is 0 Å². The van der Waals surface area contributed by atoms with Crippen molar-refractivity contribution >= 4 is 22.6 Å².